The van der Waals surface area contributed by atoms with Crippen molar-refractivity contribution in [2.24, 2.45) is 0 Å². The third-order valence-corrected chi connectivity index (χ3v) is 3.84. The van der Waals surface area contributed by atoms with Crippen LogP contribution in [-0.4, -0.2) is 42.8 Å². The predicted molar refractivity (Wildman–Crippen MR) is 56.2 cm³/mol. The molecule has 0 N–H and O–H groups in total. The normalized spacial score (nSPS) is 19.1. The van der Waals surface area contributed by atoms with E-state index in [-0.39, 0.29) is 12.7 Å². The molecule has 1 atom stereocenters. The highest BCUT2D eigenvalue weighted by molar-refractivity contribution is 6.44. The van der Waals surface area contributed by atoms with Crippen molar-refractivity contribution in [2.45, 2.75) is 31.9 Å². The minimum absolute atomic E-state index is 0.0556. The van der Waals surface area contributed by atoms with Crippen LogP contribution in [0.2, 0.25) is 6.04 Å². The topological polar surface area (TPSA) is 50.9 Å². The van der Waals surface area contributed by atoms with Crippen LogP contribution in [0.3, 0.4) is 0 Å². The van der Waals surface area contributed by atoms with E-state index in [1.54, 1.807) is 14.2 Å². The molecule has 1 saturated heterocycles. The van der Waals surface area contributed by atoms with Gasteiger partial charge >= 0.3 is 9.28 Å². The molecule has 0 aromatic rings. The molecule has 1 aliphatic heterocycles. The predicted octanol–water partition coefficient (Wildman–Crippen LogP) is 1.12. The highest BCUT2D eigenvalue weighted by Gasteiger charge is 2.20. The first-order valence-corrected chi connectivity index (χ1v) is 6.79. The van der Waals surface area contributed by atoms with Gasteiger partial charge in [0.25, 0.3) is 0 Å². The Morgan fingerprint density at radius 3 is 2.21 bits per heavy atom. The van der Waals surface area contributed by atoms with Gasteiger partial charge in [-0.1, -0.05) is 19.8 Å². The van der Waals surface area contributed by atoms with Crippen molar-refractivity contribution in [3.63, 3.8) is 0 Å². The highest BCUT2D eigenvalue weighted by Crippen LogP contribution is 2.05. The Balaban J connectivity index is 0.000000280. The van der Waals surface area contributed by atoms with Gasteiger partial charge in [0, 0.05) is 14.2 Å². The zero-order chi connectivity index (χ0) is 10.8. The first-order valence-electron chi connectivity index (χ1n) is 5.03. The van der Waals surface area contributed by atoms with Crippen molar-refractivity contribution in [3.8, 4) is 0 Å². The van der Waals surface area contributed by atoms with Gasteiger partial charge < -0.3 is 13.6 Å². The van der Waals surface area contributed by atoms with Gasteiger partial charge in [-0.15, -0.1) is 0 Å². The van der Waals surface area contributed by atoms with Crippen molar-refractivity contribution in [1.82, 2.24) is 0 Å². The zero-order valence-corrected chi connectivity index (χ0v) is 10.5. The van der Waals surface area contributed by atoms with Crippen molar-refractivity contribution in [3.05, 3.63) is 0 Å². The van der Waals surface area contributed by atoms with E-state index in [2.05, 4.69) is 11.7 Å². The Bertz CT molecular complexity index is 115. The van der Waals surface area contributed by atoms with E-state index in [0.29, 0.717) is 6.61 Å². The van der Waals surface area contributed by atoms with Gasteiger partial charge in [0.2, 0.25) is 0 Å². The van der Waals surface area contributed by atoms with Gasteiger partial charge in [0.1, 0.15) is 12.7 Å². The molecule has 0 aromatic heterocycles. The van der Waals surface area contributed by atoms with Crippen LogP contribution in [0.25, 0.3) is 0 Å². The van der Waals surface area contributed by atoms with E-state index >= 15 is 0 Å². The SMILES string of the molecule is CCCC[SiH](OC)OC.[O]CC1CO1. The summed E-state index contributed by atoms with van der Waals surface area (Å²) in [5, 5.41) is 9.57. The average molecular weight is 221 g/mol. The molecule has 0 aromatic carbocycles. The molecule has 0 aliphatic carbocycles. The van der Waals surface area contributed by atoms with E-state index < -0.39 is 9.28 Å². The summed E-state index contributed by atoms with van der Waals surface area (Å²) in [7, 11) is 2.25. The number of hydrogen-bond donors (Lipinski definition) is 0. The van der Waals surface area contributed by atoms with Crippen LogP contribution in [0.5, 0.6) is 0 Å². The molecule has 0 saturated carbocycles. The Morgan fingerprint density at radius 2 is 2.00 bits per heavy atom. The summed E-state index contributed by atoms with van der Waals surface area (Å²) in [5.41, 5.74) is 0. The van der Waals surface area contributed by atoms with Gasteiger partial charge in [-0.05, 0) is 6.04 Å². The summed E-state index contributed by atoms with van der Waals surface area (Å²) in [6, 6.07) is 1.14. The second-order valence-corrected chi connectivity index (χ2v) is 5.54. The molecule has 14 heavy (non-hydrogen) atoms. The van der Waals surface area contributed by atoms with Gasteiger partial charge in [-0.3, -0.25) is 0 Å². The second-order valence-electron chi connectivity index (χ2n) is 3.17. The standard InChI is InChI=1S/C6H16O2Si.C3H5O2/c1-4-5-6-9(7-2)8-3;4-1-3-2-5-3/h9H,4-6H2,1-3H3;3H,1-2H2. The smallest absolute Gasteiger partial charge is 0.320 e. The van der Waals surface area contributed by atoms with Crippen molar-refractivity contribution in [1.29, 1.82) is 0 Å². The number of unbranched alkanes of at least 4 members (excludes halogenated alkanes) is 1. The van der Waals surface area contributed by atoms with Crippen molar-refractivity contribution >= 4 is 9.28 Å². The molecule has 1 rings (SSSR count). The van der Waals surface area contributed by atoms with Crippen LogP contribution in [-0.2, 0) is 18.7 Å². The minimum Gasteiger partial charge on any atom is -0.400 e. The van der Waals surface area contributed by atoms with Crippen LogP contribution < -0.4 is 0 Å². The molecule has 1 fully saturated rings. The number of rotatable bonds is 6. The lowest BCUT2D eigenvalue weighted by Gasteiger charge is -2.08. The summed E-state index contributed by atoms with van der Waals surface area (Å²) >= 11 is 0. The quantitative estimate of drug-likeness (QED) is 0.499. The molecule has 4 nitrogen and oxygen atoms in total. The lowest BCUT2D eigenvalue weighted by atomic mass is 10.4. The maximum atomic E-state index is 9.57. The summed E-state index contributed by atoms with van der Waals surface area (Å²) in [5.74, 6) is 0. The molecular weight excluding hydrogens is 200 g/mol. The second kappa shape index (κ2) is 9.61. The first kappa shape index (κ1) is 14.1. The van der Waals surface area contributed by atoms with E-state index in [1.165, 1.54) is 12.8 Å². The first-order chi connectivity index (χ1) is 6.78. The van der Waals surface area contributed by atoms with Crippen LogP contribution in [0.1, 0.15) is 19.8 Å². The lowest BCUT2D eigenvalue weighted by molar-refractivity contribution is 0.164. The fourth-order valence-electron chi connectivity index (χ4n) is 0.867. The number of ether oxygens (including phenoxy) is 1. The van der Waals surface area contributed by atoms with E-state index in [9.17, 15) is 5.11 Å². The average Bonchev–Trinajstić information content (AvgIpc) is 3.04. The van der Waals surface area contributed by atoms with E-state index in [1.807, 2.05) is 0 Å². The van der Waals surface area contributed by atoms with Gasteiger partial charge in [-0.2, -0.15) is 0 Å². The molecule has 1 aliphatic rings. The fraction of sp³-hybridized carbons (Fsp3) is 1.00. The number of epoxide rings is 1. The van der Waals surface area contributed by atoms with Crippen LogP contribution in [0.4, 0.5) is 0 Å². The summed E-state index contributed by atoms with van der Waals surface area (Å²) in [6.07, 6.45) is 2.55. The van der Waals surface area contributed by atoms with Gasteiger partial charge in [0.05, 0.1) is 6.61 Å². The van der Waals surface area contributed by atoms with E-state index in [0.717, 1.165) is 6.04 Å². The Morgan fingerprint density at radius 1 is 1.43 bits per heavy atom. The molecular formula is C9H21O4Si. The molecule has 85 valence electrons. The number of hydrogen-bond acceptors (Lipinski definition) is 3. The lowest BCUT2D eigenvalue weighted by Crippen LogP contribution is -2.18. The van der Waals surface area contributed by atoms with Crippen LogP contribution in [0.15, 0.2) is 0 Å². The van der Waals surface area contributed by atoms with Crippen LogP contribution >= 0.6 is 0 Å². The molecule has 1 unspecified atom stereocenters. The molecule has 0 bridgehead atoms. The van der Waals surface area contributed by atoms with Crippen molar-refractivity contribution in [2.75, 3.05) is 27.4 Å². The maximum Gasteiger partial charge on any atom is 0.320 e. The minimum atomic E-state index is -1.21. The summed E-state index contributed by atoms with van der Waals surface area (Å²) < 4.78 is 14.8. The Kier molecular flexibility index (Phi) is 9.64. The van der Waals surface area contributed by atoms with Gasteiger partial charge in [-0.25, -0.2) is 5.11 Å². The van der Waals surface area contributed by atoms with Crippen LogP contribution in [0, 0.1) is 0 Å². The maximum absolute atomic E-state index is 9.57. The Labute approximate surface area is 88.0 Å². The summed E-state index contributed by atoms with van der Waals surface area (Å²) in [6.45, 7) is 2.82. The Hall–Kier alpha value is 0.0569. The van der Waals surface area contributed by atoms with E-state index in [4.69, 9.17) is 8.85 Å². The third kappa shape index (κ3) is 8.65. The highest BCUT2D eigenvalue weighted by atomic mass is 28.3. The molecule has 5 heteroatoms. The monoisotopic (exact) mass is 221 g/mol. The van der Waals surface area contributed by atoms with Crippen molar-refractivity contribution < 1.29 is 18.7 Å². The fourth-order valence-corrected chi connectivity index (χ4v) is 2.27. The van der Waals surface area contributed by atoms with Gasteiger partial charge in [0.15, 0.2) is 0 Å². The molecule has 0 amide bonds. The molecule has 1 radical (unpaired) electrons. The third-order valence-electron chi connectivity index (χ3n) is 1.91. The largest absolute Gasteiger partial charge is 0.400 e. The zero-order valence-electron chi connectivity index (χ0n) is 9.32. The molecule has 1 heterocycles. The summed E-state index contributed by atoms with van der Waals surface area (Å²) in [4.78, 5) is 0. The molecule has 0 spiro atoms.